The predicted octanol–water partition coefficient (Wildman–Crippen LogP) is 2.23. The lowest BCUT2D eigenvalue weighted by Gasteiger charge is -2.39. The quantitative estimate of drug-likeness (QED) is 0.920. The van der Waals surface area contributed by atoms with Crippen molar-refractivity contribution in [1.82, 2.24) is 4.90 Å². The lowest BCUT2D eigenvalue weighted by atomic mass is 9.68. The van der Waals surface area contributed by atoms with E-state index in [9.17, 15) is 9.59 Å². The van der Waals surface area contributed by atoms with E-state index in [4.69, 9.17) is 10.5 Å². The lowest BCUT2D eigenvalue weighted by Crippen LogP contribution is -2.47. The third kappa shape index (κ3) is 2.99. The van der Waals surface area contributed by atoms with Gasteiger partial charge in [0.2, 0.25) is 11.8 Å². The highest BCUT2D eigenvalue weighted by Crippen LogP contribution is 2.42. The Hall–Kier alpha value is -2.04. The maximum Gasteiger partial charge on any atom is 0.233 e. The van der Waals surface area contributed by atoms with Gasteiger partial charge >= 0.3 is 0 Å². The normalized spacial score (nSPS) is 23.0. The van der Waals surface area contributed by atoms with E-state index in [0.717, 1.165) is 37.0 Å². The molecule has 5 nitrogen and oxygen atoms in total. The van der Waals surface area contributed by atoms with Gasteiger partial charge in [-0.3, -0.25) is 9.59 Å². The fourth-order valence-electron chi connectivity index (χ4n) is 4.17. The number of benzene rings is 1. The first-order valence-electron chi connectivity index (χ1n) is 8.80. The summed E-state index contributed by atoms with van der Waals surface area (Å²) in [5.41, 5.74) is 6.03. The summed E-state index contributed by atoms with van der Waals surface area (Å²) in [6, 6.07) is 7.89. The molecule has 1 saturated heterocycles. The molecular formula is C19H26N2O3. The number of hydrogen-bond acceptors (Lipinski definition) is 3. The monoisotopic (exact) mass is 330 g/mol. The first kappa shape index (κ1) is 16.8. The molecule has 1 aromatic rings. The molecule has 0 bridgehead atoms. The molecule has 1 aromatic carbocycles. The average molecular weight is 330 g/mol. The van der Waals surface area contributed by atoms with Crippen molar-refractivity contribution < 1.29 is 14.3 Å². The zero-order chi connectivity index (χ0) is 17.2. The second-order valence-corrected chi connectivity index (χ2v) is 7.01. The SMILES string of the molecule is COc1ccc(C2(C(=O)N3CC[C@@H](C(N)=O)C3)CCCCC2)cc1. The van der Waals surface area contributed by atoms with Gasteiger partial charge in [-0.25, -0.2) is 0 Å². The van der Waals surface area contributed by atoms with Crippen molar-refractivity contribution in [2.24, 2.45) is 11.7 Å². The highest BCUT2D eigenvalue weighted by molar-refractivity contribution is 5.89. The van der Waals surface area contributed by atoms with Gasteiger partial charge in [0, 0.05) is 13.1 Å². The number of primary amides is 1. The topological polar surface area (TPSA) is 72.6 Å². The third-order valence-corrected chi connectivity index (χ3v) is 5.64. The van der Waals surface area contributed by atoms with E-state index in [1.165, 1.54) is 6.42 Å². The van der Waals surface area contributed by atoms with Crippen molar-refractivity contribution in [3.8, 4) is 5.75 Å². The molecule has 0 aromatic heterocycles. The van der Waals surface area contributed by atoms with Crippen molar-refractivity contribution in [2.45, 2.75) is 43.9 Å². The molecule has 1 heterocycles. The molecule has 2 fully saturated rings. The fourth-order valence-corrected chi connectivity index (χ4v) is 4.17. The van der Waals surface area contributed by atoms with Crippen LogP contribution in [0.3, 0.4) is 0 Å². The summed E-state index contributed by atoms with van der Waals surface area (Å²) in [5, 5.41) is 0. The van der Waals surface area contributed by atoms with Crippen LogP contribution in [-0.4, -0.2) is 36.9 Å². The van der Waals surface area contributed by atoms with Crippen LogP contribution in [0, 0.1) is 5.92 Å². The number of rotatable bonds is 4. The van der Waals surface area contributed by atoms with Crippen LogP contribution in [0.2, 0.25) is 0 Å². The van der Waals surface area contributed by atoms with Crippen LogP contribution in [0.1, 0.15) is 44.1 Å². The minimum atomic E-state index is -0.461. The van der Waals surface area contributed by atoms with Gasteiger partial charge in [-0.1, -0.05) is 31.4 Å². The number of likely N-dealkylation sites (tertiary alicyclic amines) is 1. The summed E-state index contributed by atoms with van der Waals surface area (Å²) in [6.45, 7) is 1.09. The first-order valence-corrected chi connectivity index (χ1v) is 8.80. The summed E-state index contributed by atoms with van der Waals surface area (Å²) in [7, 11) is 1.64. The summed E-state index contributed by atoms with van der Waals surface area (Å²) in [5.74, 6) is 0.459. The first-order chi connectivity index (χ1) is 11.6. The van der Waals surface area contributed by atoms with Gasteiger partial charge in [0.1, 0.15) is 5.75 Å². The average Bonchev–Trinajstić information content (AvgIpc) is 3.12. The van der Waals surface area contributed by atoms with Crippen molar-refractivity contribution in [3.63, 3.8) is 0 Å². The van der Waals surface area contributed by atoms with Crippen molar-refractivity contribution in [1.29, 1.82) is 0 Å². The molecule has 3 rings (SSSR count). The summed E-state index contributed by atoms with van der Waals surface area (Å²) >= 11 is 0. The molecule has 1 saturated carbocycles. The van der Waals surface area contributed by atoms with Gasteiger partial charge in [0.15, 0.2) is 0 Å². The van der Waals surface area contributed by atoms with Crippen LogP contribution >= 0.6 is 0 Å². The van der Waals surface area contributed by atoms with E-state index < -0.39 is 5.41 Å². The van der Waals surface area contributed by atoms with Crippen molar-refractivity contribution >= 4 is 11.8 Å². The Kier molecular flexibility index (Phi) is 4.78. The molecule has 0 spiro atoms. The molecule has 2 aliphatic rings. The van der Waals surface area contributed by atoms with Crippen LogP contribution in [0.4, 0.5) is 0 Å². The predicted molar refractivity (Wildman–Crippen MR) is 91.6 cm³/mol. The molecule has 0 unspecified atom stereocenters. The van der Waals surface area contributed by atoms with E-state index in [0.29, 0.717) is 19.5 Å². The highest BCUT2D eigenvalue weighted by Gasteiger charge is 2.45. The fraction of sp³-hybridized carbons (Fsp3) is 0.579. The Morgan fingerprint density at radius 3 is 2.38 bits per heavy atom. The maximum atomic E-state index is 13.4. The summed E-state index contributed by atoms with van der Waals surface area (Å²) in [4.78, 5) is 26.7. The Bertz CT molecular complexity index is 606. The summed E-state index contributed by atoms with van der Waals surface area (Å²) < 4.78 is 5.24. The largest absolute Gasteiger partial charge is 0.497 e. The molecule has 1 aliphatic carbocycles. The number of nitrogens with zero attached hydrogens (tertiary/aromatic N) is 1. The van der Waals surface area contributed by atoms with Crippen LogP contribution < -0.4 is 10.5 Å². The van der Waals surface area contributed by atoms with Gasteiger partial charge < -0.3 is 15.4 Å². The number of nitrogens with two attached hydrogens (primary N) is 1. The van der Waals surface area contributed by atoms with E-state index in [1.54, 1.807) is 7.11 Å². The van der Waals surface area contributed by atoms with Crippen LogP contribution in [0.15, 0.2) is 24.3 Å². The minimum Gasteiger partial charge on any atom is -0.497 e. The van der Waals surface area contributed by atoms with E-state index >= 15 is 0 Å². The Balaban J connectivity index is 1.88. The third-order valence-electron chi connectivity index (χ3n) is 5.64. The maximum absolute atomic E-state index is 13.4. The molecular weight excluding hydrogens is 304 g/mol. The van der Waals surface area contributed by atoms with Gasteiger partial charge in [0.25, 0.3) is 0 Å². The van der Waals surface area contributed by atoms with Crippen LogP contribution in [-0.2, 0) is 15.0 Å². The van der Waals surface area contributed by atoms with Crippen molar-refractivity contribution in [3.05, 3.63) is 29.8 Å². The van der Waals surface area contributed by atoms with Gasteiger partial charge in [-0.15, -0.1) is 0 Å². The Labute approximate surface area is 143 Å². The van der Waals surface area contributed by atoms with Crippen molar-refractivity contribution in [2.75, 3.05) is 20.2 Å². The molecule has 5 heteroatoms. The van der Waals surface area contributed by atoms with Gasteiger partial charge in [0.05, 0.1) is 18.4 Å². The molecule has 2 amide bonds. The molecule has 2 N–H and O–H groups in total. The zero-order valence-corrected chi connectivity index (χ0v) is 14.3. The Morgan fingerprint density at radius 2 is 1.83 bits per heavy atom. The number of methoxy groups -OCH3 is 1. The lowest BCUT2D eigenvalue weighted by molar-refractivity contribution is -0.138. The summed E-state index contributed by atoms with van der Waals surface area (Å²) in [6.07, 6.45) is 5.72. The number of amides is 2. The number of carbonyl (C=O) groups is 2. The molecule has 0 radical (unpaired) electrons. The number of ether oxygens (including phenoxy) is 1. The smallest absolute Gasteiger partial charge is 0.233 e. The molecule has 130 valence electrons. The zero-order valence-electron chi connectivity index (χ0n) is 14.3. The van der Waals surface area contributed by atoms with Gasteiger partial charge in [-0.05, 0) is 37.0 Å². The van der Waals surface area contributed by atoms with Gasteiger partial charge in [-0.2, -0.15) is 0 Å². The van der Waals surface area contributed by atoms with E-state index in [-0.39, 0.29) is 17.7 Å². The molecule has 1 aliphatic heterocycles. The number of hydrogen-bond donors (Lipinski definition) is 1. The van der Waals surface area contributed by atoms with E-state index in [1.807, 2.05) is 29.2 Å². The van der Waals surface area contributed by atoms with Crippen LogP contribution in [0.25, 0.3) is 0 Å². The second kappa shape index (κ2) is 6.83. The Morgan fingerprint density at radius 1 is 1.17 bits per heavy atom. The van der Waals surface area contributed by atoms with E-state index in [2.05, 4.69) is 0 Å². The highest BCUT2D eigenvalue weighted by atomic mass is 16.5. The minimum absolute atomic E-state index is 0.163. The molecule has 24 heavy (non-hydrogen) atoms. The number of carbonyl (C=O) groups excluding carboxylic acids is 2. The molecule has 1 atom stereocenters. The second-order valence-electron chi connectivity index (χ2n) is 7.01. The van der Waals surface area contributed by atoms with Crippen LogP contribution in [0.5, 0.6) is 5.75 Å². The standard InChI is InChI=1S/C19H26N2O3/c1-24-16-7-5-15(6-8-16)19(10-3-2-4-11-19)18(23)21-12-9-14(13-21)17(20)22/h5-8,14H,2-4,9-13H2,1H3,(H2,20,22)/t14-/m1/s1.